The van der Waals surface area contributed by atoms with Gasteiger partial charge in [0.1, 0.15) is 0 Å². The zero-order valence-electron chi connectivity index (χ0n) is 10.7. The van der Waals surface area contributed by atoms with E-state index in [2.05, 4.69) is 15.5 Å². The number of hydrogen-bond donors (Lipinski definition) is 3. The molecular formula is C12H21N3O2. The first-order chi connectivity index (χ1) is 7.93. The quantitative estimate of drug-likeness (QED) is 0.713. The minimum Gasteiger partial charge on any atom is -0.396 e. The monoisotopic (exact) mass is 239 g/mol. The fourth-order valence-electron chi connectivity index (χ4n) is 1.65. The van der Waals surface area contributed by atoms with Gasteiger partial charge < -0.3 is 10.4 Å². The second kappa shape index (κ2) is 5.82. The summed E-state index contributed by atoms with van der Waals surface area (Å²) in [6.07, 6.45) is 2.48. The molecule has 1 heterocycles. The van der Waals surface area contributed by atoms with Crippen molar-refractivity contribution in [3.05, 3.63) is 18.0 Å². The van der Waals surface area contributed by atoms with Crippen LogP contribution < -0.4 is 5.32 Å². The van der Waals surface area contributed by atoms with Gasteiger partial charge in [-0.3, -0.25) is 9.89 Å². The topological polar surface area (TPSA) is 78.0 Å². The van der Waals surface area contributed by atoms with Crippen LogP contribution in [0.15, 0.2) is 12.3 Å². The summed E-state index contributed by atoms with van der Waals surface area (Å²) < 4.78 is 0. The van der Waals surface area contributed by atoms with Crippen molar-refractivity contribution in [2.75, 3.05) is 6.61 Å². The zero-order chi connectivity index (χ0) is 12.9. The van der Waals surface area contributed by atoms with Crippen LogP contribution in [-0.4, -0.2) is 33.9 Å². The number of H-pyrrole nitrogens is 1. The maximum absolute atomic E-state index is 11.8. The van der Waals surface area contributed by atoms with E-state index in [0.717, 1.165) is 5.69 Å². The number of aliphatic hydroxyl groups excluding tert-OH is 1. The molecule has 0 spiro atoms. The summed E-state index contributed by atoms with van der Waals surface area (Å²) in [5, 5.41) is 18.5. The molecule has 1 atom stereocenters. The molecule has 1 rings (SSSR count). The van der Waals surface area contributed by atoms with E-state index in [9.17, 15) is 4.79 Å². The van der Waals surface area contributed by atoms with Gasteiger partial charge in [0.15, 0.2) is 0 Å². The van der Waals surface area contributed by atoms with Crippen LogP contribution in [0.1, 0.15) is 32.9 Å². The number of carbonyl (C=O) groups excluding carboxylic acids is 1. The Morgan fingerprint density at radius 1 is 1.59 bits per heavy atom. The minimum atomic E-state index is -0.0631. The summed E-state index contributed by atoms with van der Waals surface area (Å²) in [4.78, 5) is 11.8. The highest BCUT2D eigenvalue weighted by Gasteiger charge is 2.25. The zero-order valence-corrected chi connectivity index (χ0v) is 10.7. The summed E-state index contributed by atoms with van der Waals surface area (Å²) in [7, 11) is 0. The SMILES string of the molecule is CC(C)(C)C(CCO)NC(=O)Cc1ccn[nH]1. The Morgan fingerprint density at radius 2 is 2.29 bits per heavy atom. The molecule has 96 valence electrons. The van der Waals surface area contributed by atoms with Gasteiger partial charge in [-0.2, -0.15) is 5.10 Å². The minimum absolute atomic E-state index is 0.0251. The normalized spacial score (nSPS) is 13.4. The van der Waals surface area contributed by atoms with E-state index in [4.69, 9.17) is 5.11 Å². The summed E-state index contributed by atoms with van der Waals surface area (Å²) in [6.45, 7) is 6.21. The van der Waals surface area contributed by atoms with Crippen molar-refractivity contribution in [1.29, 1.82) is 0 Å². The molecule has 0 aliphatic carbocycles. The fraction of sp³-hybridized carbons (Fsp3) is 0.667. The molecule has 0 saturated heterocycles. The number of carbonyl (C=O) groups is 1. The molecule has 0 aliphatic rings. The Morgan fingerprint density at radius 3 is 2.76 bits per heavy atom. The van der Waals surface area contributed by atoms with Gasteiger partial charge in [-0.25, -0.2) is 0 Å². The molecule has 1 aromatic rings. The smallest absolute Gasteiger partial charge is 0.226 e. The van der Waals surface area contributed by atoms with Crippen LogP contribution in [0.4, 0.5) is 0 Å². The van der Waals surface area contributed by atoms with Gasteiger partial charge in [0.25, 0.3) is 0 Å². The Labute approximate surface area is 102 Å². The number of nitrogens with zero attached hydrogens (tertiary/aromatic N) is 1. The van der Waals surface area contributed by atoms with Crippen molar-refractivity contribution in [2.24, 2.45) is 5.41 Å². The lowest BCUT2D eigenvalue weighted by Crippen LogP contribution is -2.44. The molecule has 0 aromatic carbocycles. The van der Waals surface area contributed by atoms with Gasteiger partial charge in [0.2, 0.25) is 5.91 Å². The Hall–Kier alpha value is -1.36. The standard InChI is InChI=1S/C12H21N3O2/c1-12(2,3)10(5-7-16)14-11(17)8-9-4-6-13-15-9/h4,6,10,16H,5,7-8H2,1-3H3,(H,13,15)(H,14,17). The molecule has 5 nitrogen and oxygen atoms in total. The second-order valence-corrected chi connectivity index (χ2v) is 5.26. The third kappa shape index (κ3) is 4.56. The Balaban J connectivity index is 2.52. The van der Waals surface area contributed by atoms with Crippen molar-refractivity contribution in [3.63, 3.8) is 0 Å². The predicted molar refractivity (Wildman–Crippen MR) is 65.4 cm³/mol. The lowest BCUT2D eigenvalue weighted by atomic mass is 9.85. The molecule has 0 bridgehead atoms. The van der Waals surface area contributed by atoms with Crippen molar-refractivity contribution in [3.8, 4) is 0 Å². The van der Waals surface area contributed by atoms with E-state index in [1.54, 1.807) is 12.3 Å². The maximum atomic E-state index is 11.8. The van der Waals surface area contributed by atoms with Crippen molar-refractivity contribution >= 4 is 5.91 Å². The molecule has 5 heteroatoms. The third-order valence-corrected chi connectivity index (χ3v) is 2.71. The van der Waals surface area contributed by atoms with Crippen LogP contribution in [0, 0.1) is 5.41 Å². The highest BCUT2D eigenvalue weighted by atomic mass is 16.3. The van der Waals surface area contributed by atoms with Gasteiger partial charge in [0.05, 0.1) is 6.42 Å². The Bertz CT molecular complexity index is 341. The fourth-order valence-corrected chi connectivity index (χ4v) is 1.65. The van der Waals surface area contributed by atoms with Crippen LogP contribution >= 0.6 is 0 Å². The molecule has 1 amide bonds. The molecule has 0 fully saturated rings. The molecule has 1 unspecified atom stereocenters. The van der Waals surface area contributed by atoms with Gasteiger partial charge >= 0.3 is 0 Å². The highest BCUT2D eigenvalue weighted by molar-refractivity contribution is 5.78. The molecule has 1 aromatic heterocycles. The van der Waals surface area contributed by atoms with Crippen LogP contribution in [0.3, 0.4) is 0 Å². The van der Waals surface area contributed by atoms with E-state index in [-0.39, 0.29) is 30.4 Å². The van der Waals surface area contributed by atoms with Crippen LogP contribution in [0.2, 0.25) is 0 Å². The van der Waals surface area contributed by atoms with E-state index in [1.807, 2.05) is 20.8 Å². The molecule has 0 saturated carbocycles. The lowest BCUT2D eigenvalue weighted by molar-refractivity contribution is -0.122. The first-order valence-corrected chi connectivity index (χ1v) is 5.82. The number of amides is 1. The van der Waals surface area contributed by atoms with Gasteiger partial charge in [0, 0.05) is 24.5 Å². The van der Waals surface area contributed by atoms with E-state index in [1.165, 1.54) is 0 Å². The van der Waals surface area contributed by atoms with Crippen LogP contribution in [0.5, 0.6) is 0 Å². The average molecular weight is 239 g/mol. The molecular weight excluding hydrogens is 218 g/mol. The first kappa shape index (κ1) is 13.7. The van der Waals surface area contributed by atoms with Crippen molar-refractivity contribution < 1.29 is 9.90 Å². The lowest BCUT2D eigenvalue weighted by Gasteiger charge is -2.31. The molecule has 0 aliphatic heterocycles. The number of aliphatic hydroxyl groups is 1. The van der Waals surface area contributed by atoms with E-state index in [0.29, 0.717) is 6.42 Å². The Kier molecular flexibility index (Phi) is 4.69. The summed E-state index contributed by atoms with van der Waals surface area (Å²) in [5.41, 5.74) is 0.728. The summed E-state index contributed by atoms with van der Waals surface area (Å²) in [5.74, 6) is -0.0531. The number of rotatable bonds is 5. The second-order valence-electron chi connectivity index (χ2n) is 5.26. The van der Waals surface area contributed by atoms with Crippen LogP contribution in [0.25, 0.3) is 0 Å². The predicted octanol–water partition coefficient (Wildman–Crippen LogP) is 0.865. The first-order valence-electron chi connectivity index (χ1n) is 5.82. The van der Waals surface area contributed by atoms with Gasteiger partial charge in [-0.1, -0.05) is 20.8 Å². The largest absolute Gasteiger partial charge is 0.396 e. The number of hydrogen-bond acceptors (Lipinski definition) is 3. The number of aromatic amines is 1. The highest BCUT2D eigenvalue weighted by Crippen LogP contribution is 2.21. The molecule has 3 N–H and O–H groups in total. The number of nitrogens with one attached hydrogen (secondary N) is 2. The third-order valence-electron chi connectivity index (χ3n) is 2.71. The maximum Gasteiger partial charge on any atom is 0.226 e. The molecule has 0 radical (unpaired) electrons. The van der Waals surface area contributed by atoms with Crippen molar-refractivity contribution in [2.45, 2.75) is 39.7 Å². The van der Waals surface area contributed by atoms with E-state index >= 15 is 0 Å². The average Bonchev–Trinajstić information content (AvgIpc) is 2.68. The van der Waals surface area contributed by atoms with Crippen LogP contribution in [-0.2, 0) is 11.2 Å². The summed E-state index contributed by atoms with van der Waals surface area (Å²) in [6, 6.07) is 1.75. The number of aromatic nitrogens is 2. The molecule has 17 heavy (non-hydrogen) atoms. The van der Waals surface area contributed by atoms with Gasteiger partial charge in [-0.05, 0) is 17.9 Å². The van der Waals surface area contributed by atoms with Crippen molar-refractivity contribution in [1.82, 2.24) is 15.5 Å². The van der Waals surface area contributed by atoms with E-state index < -0.39 is 0 Å². The summed E-state index contributed by atoms with van der Waals surface area (Å²) >= 11 is 0. The van der Waals surface area contributed by atoms with Gasteiger partial charge in [-0.15, -0.1) is 0 Å².